The highest BCUT2D eigenvalue weighted by Gasteiger charge is 2.62. The van der Waals surface area contributed by atoms with Crippen LogP contribution in [0.1, 0.15) is 88.5 Å². The van der Waals surface area contributed by atoms with Crippen LogP contribution in [-0.4, -0.2) is 33.5 Å². The molecule has 2 aromatic carbocycles. The first kappa shape index (κ1) is 22.4. The number of rotatable bonds is 1. The fourth-order valence-corrected chi connectivity index (χ4v) is 13.0. The Kier molecular flexibility index (Phi) is 5.15. The summed E-state index contributed by atoms with van der Waals surface area (Å²) in [6.07, 6.45) is 17.8. The Morgan fingerprint density at radius 2 is 1.46 bits per heavy atom. The van der Waals surface area contributed by atoms with E-state index < -0.39 is 0 Å². The molecule has 0 N–H and O–H groups in total. The smallest absolute Gasteiger partial charge is 0.135 e. The van der Waals surface area contributed by atoms with Crippen LogP contribution in [0.5, 0.6) is 0 Å². The number of benzene rings is 2. The van der Waals surface area contributed by atoms with E-state index in [9.17, 15) is 0 Å². The molecule has 37 heavy (non-hydrogen) atoms. The summed E-state index contributed by atoms with van der Waals surface area (Å²) in [4.78, 5) is 3.29. The fraction of sp³-hybridized carbons (Fsp3) is 0.647. The number of nitrogens with zero attached hydrogens (tertiary/aromatic N) is 1. The minimum absolute atomic E-state index is 0.724. The molecule has 10 atom stereocenters. The van der Waals surface area contributed by atoms with Gasteiger partial charge in [0.2, 0.25) is 0 Å². The highest BCUT2D eigenvalue weighted by molar-refractivity contribution is 8.00. The minimum Gasteiger partial charge on any atom is -0.456 e. The van der Waals surface area contributed by atoms with Gasteiger partial charge in [-0.1, -0.05) is 56.4 Å². The molecule has 3 heteroatoms. The number of piperidine rings is 1. The molecule has 10 unspecified atom stereocenters. The van der Waals surface area contributed by atoms with E-state index in [0.29, 0.717) is 0 Å². The lowest BCUT2D eigenvalue weighted by Gasteiger charge is -2.69. The van der Waals surface area contributed by atoms with Crippen LogP contribution in [0.3, 0.4) is 0 Å². The van der Waals surface area contributed by atoms with Gasteiger partial charge < -0.3 is 4.42 Å². The molecule has 9 rings (SSSR count). The second-order valence-electron chi connectivity index (χ2n) is 13.6. The molecule has 6 aliphatic rings. The summed E-state index contributed by atoms with van der Waals surface area (Å²) in [7, 11) is 0. The maximum Gasteiger partial charge on any atom is 0.135 e. The van der Waals surface area contributed by atoms with Crippen molar-refractivity contribution >= 4 is 33.7 Å². The van der Waals surface area contributed by atoms with Gasteiger partial charge in [0.1, 0.15) is 11.2 Å². The second-order valence-corrected chi connectivity index (χ2v) is 15.0. The fourth-order valence-electron chi connectivity index (χ4n) is 11.0. The van der Waals surface area contributed by atoms with Gasteiger partial charge in [-0.25, -0.2) is 0 Å². The summed E-state index contributed by atoms with van der Waals surface area (Å²) in [6, 6.07) is 18.6. The van der Waals surface area contributed by atoms with Gasteiger partial charge >= 0.3 is 0 Å². The van der Waals surface area contributed by atoms with Crippen LogP contribution < -0.4 is 0 Å². The topological polar surface area (TPSA) is 16.4 Å². The van der Waals surface area contributed by atoms with Crippen LogP contribution in [0.15, 0.2) is 46.9 Å². The van der Waals surface area contributed by atoms with Crippen molar-refractivity contribution in [3.63, 3.8) is 0 Å². The lowest BCUT2D eigenvalue weighted by Crippen LogP contribution is -2.73. The zero-order valence-corrected chi connectivity index (χ0v) is 22.9. The Morgan fingerprint density at radius 1 is 0.676 bits per heavy atom. The monoisotopic (exact) mass is 511 g/mol. The highest BCUT2D eigenvalue weighted by atomic mass is 32.2. The largest absolute Gasteiger partial charge is 0.456 e. The van der Waals surface area contributed by atoms with E-state index >= 15 is 0 Å². The average Bonchev–Trinajstić information content (AvgIpc) is 3.33. The van der Waals surface area contributed by atoms with Crippen LogP contribution in [0.2, 0.25) is 0 Å². The van der Waals surface area contributed by atoms with E-state index in [2.05, 4.69) is 59.1 Å². The van der Waals surface area contributed by atoms with Crippen LogP contribution in [0.4, 0.5) is 0 Å². The Bertz CT molecular complexity index is 1330. The molecule has 0 bridgehead atoms. The number of hydrogen-bond acceptors (Lipinski definition) is 3. The van der Waals surface area contributed by atoms with Gasteiger partial charge in [-0.15, -0.1) is 0 Å². The molecule has 4 saturated carbocycles. The maximum absolute atomic E-state index is 6.24. The quantitative estimate of drug-likeness (QED) is 0.325. The van der Waals surface area contributed by atoms with Crippen molar-refractivity contribution in [2.75, 3.05) is 0 Å². The van der Waals surface area contributed by atoms with Crippen LogP contribution in [0, 0.1) is 23.7 Å². The number of hydrogen-bond donors (Lipinski definition) is 0. The first-order valence-corrected chi connectivity index (χ1v) is 16.6. The van der Waals surface area contributed by atoms with E-state index in [-0.39, 0.29) is 0 Å². The number of thioether (sulfide) groups is 1. The minimum atomic E-state index is 0.724. The molecule has 0 amide bonds. The van der Waals surface area contributed by atoms with E-state index in [1.165, 1.54) is 87.8 Å². The van der Waals surface area contributed by atoms with Crippen molar-refractivity contribution in [2.24, 2.45) is 23.7 Å². The molecular formula is C34H41NOS. The molecule has 6 fully saturated rings. The van der Waals surface area contributed by atoms with Crippen molar-refractivity contribution in [3.8, 4) is 0 Å². The van der Waals surface area contributed by atoms with E-state index in [1.807, 2.05) is 0 Å². The summed E-state index contributed by atoms with van der Waals surface area (Å²) < 4.78 is 6.24. The summed E-state index contributed by atoms with van der Waals surface area (Å²) in [5, 5.41) is 4.37. The van der Waals surface area contributed by atoms with Crippen LogP contribution in [-0.2, 0) is 0 Å². The Hall–Kier alpha value is -1.45. The first-order chi connectivity index (χ1) is 18.3. The summed E-state index contributed by atoms with van der Waals surface area (Å²) in [6.45, 7) is 0. The molecule has 194 valence electrons. The van der Waals surface area contributed by atoms with Gasteiger partial charge in [-0.2, -0.15) is 11.8 Å². The van der Waals surface area contributed by atoms with Gasteiger partial charge in [0, 0.05) is 39.4 Å². The van der Waals surface area contributed by atoms with Gasteiger partial charge in [0.15, 0.2) is 0 Å². The third-order valence-corrected chi connectivity index (χ3v) is 13.9. The predicted molar refractivity (Wildman–Crippen MR) is 154 cm³/mol. The van der Waals surface area contributed by atoms with Gasteiger partial charge in [-0.05, 0) is 98.3 Å². The standard InChI is InChI=1S/C34H41NOS/c1-3-12-27-21(8-1)23-10-7-11-24-25(20-16-17-30-26(18-20)22-9-2-5-14-29(22)36-30)19-32-34(33(23)24)35(27)28-13-4-6-15-31(28)37-32/h2,5,9,14,16-18,21,23-25,27-28,31-34H,1,3-4,6-8,10-13,15,19H2. The van der Waals surface area contributed by atoms with E-state index in [4.69, 9.17) is 4.42 Å². The molecule has 1 aromatic heterocycles. The summed E-state index contributed by atoms with van der Waals surface area (Å²) in [5.41, 5.74) is 3.71. The van der Waals surface area contributed by atoms with Crippen molar-refractivity contribution in [2.45, 2.75) is 112 Å². The SMILES string of the molecule is c1ccc2c(c1)oc1ccc(C3CC4SC5CCCCC5N5C6CCCCC6C6CCCC3C6C45)cc12. The lowest BCUT2D eigenvalue weighted by molar-refractivity contribution is -0.142. The molecule has 2 nitrogen and oxygen atoms in total. The van der Waals surface area contributed by atoms with Gasteiger partial charge in [-0.3, -0.25) is 4.90 Å². The first-order valence-electron chi connectivity index (χ1n) is 15.7. The number of fused-ring (bicyclic) bond motifs is 8. The zero-order chi connectivity index (χ0) is 24.1. The molecule has 2 saturated heterocycles. The van der Waals surface area contributed by atoms with E-state index in [0.717, 1.165) is 69.4 Å². The third-order valence-electron chi connectivity index (χ3n) is 12.1. The predicted octanol–water partition coefficient (Wildman–Crippen LogP) is 8.78. The van der Waals surface area contributed by atoms with Gasteiger partial charge in [0.05, 0.1) is 0 Å². The van der Waals surface area contributed by atoms with E-state index in [1.54, 1.807) is 5.56 Å². The van der Waals surface area contributed by atoms with Crippen LogP contribution >= 0.6 is 11.8 Å². The van der Waals surface area contributed by atoms with Crippen molar-refractivity contribution in [1.82, 2.24) is 4.90 Å². The molecule has 3 heterocycles. The molecular weight excluding hydrogens is 470 g/mol. The molecule has 3 aromatic rings. The second kappa shape index (κ2) is 8.52. The zero-order valence-electron chi connectivity index (χ0n) is 22.1. The lowest BCUT2D eigenvalue weighted by atomic mass is 9.51. The molecule has 0 spiro atoms. The van der Waals surface area contributed by atoms with Crippen LogP contribution in [0.25, 0.3) is 21.9 Å². The number of furan rings is 1. The normalized spacial score (nSPS) is 43.2. The Balaban J connectivity index is 1.16. The Morgan fingerprint density at radius 3 is 2.43 bits per heavy atom. The molecule has 2 aliphatic heterocycles. The van der Waals surface area contributed by atoms with Crippen molar-refractivity contribution in [1.29, 1.82) is 0 Å². The van der Waals surface area contributed by atoms with Crippen molar-refractivity contribution < 1.29 is 4.42 Å². The highest BCUT2D eigenvalue weighted by Crippen LogP contribution is 2.63. The maximum atomic E-state index is 6.24. The van der Waals surface area contributed by atoms with Crippen molar-refractivity contribution in [3.05, 3.63) is 48.0 Å². The summed E-state index contributed by atoms with van der Waals surface area (Å²) >= 11 is 2.48. The third kappa shape index (κ3) is 3.22. The summed E-state index contributed by atoms with van der Waals surface area (Å²) in [5.74, 6) is 4.52. The molecule has 0 radical (unpaired) electrons. The molecule has 4 aliphatic carbocycles. The average molecular weight is 512 g/mol. The van der Waals surface area contributed by atoms with Gasteiger partial charge in [0.25, 0.3) is 0 Å². The number of para-hydroxylation sites is 1. The Labute approximate surface area is 225 Å².